The summed E-state index contributed by atoms with van der Waals surface area (Å²) in [5.74, 6) is -0.119. The fourth-order valence-electron chi connectivity index (χ4n) is 1.53. The molecule has 0 fully saturated rings. The molecule has 7 heteroatoms. The summed E-state index contributed by atoms with van der Waals surface area (Å²) >= 11 is 5.80. The highest BCUT2D eigenvalue weighted by molar-refractivity contribution is 6.32. The van der Waals surface area contributed by atoms with Gasteiger partial charge in [0.15, 0.2) is 0 Å². The number of hydrogen-bond donors (Lipinski definition) is 2. The molecule has 0 atom stereocenters. The maximum atomic E-state index is 12.8. The highest BCUT2D eigenvalue weighted by atomic mass is 35.5. The Bertz CT molecular complexity index is 433. The van der Waals surface area contributed by atoms with Gasteiger partial charge < -0.3 is 15.4 Å². The van der Waals surface area contributed by atoms with Gasteiger partial charge in [-0.1, -0.05) is 18.5 Å². The van der Waals surface area contributed by atoms with Gasteiger partial charge in [0, 0.05) is 13.1 Å². The van der Waals surface area contributed by atoms with Crippen LogP contribution < -0.4 is 15.4 Å². The van der Waals surface area contributed by atoms with E-state index in [0.29, 0.717) is 12.3 Å². The van der Waals surface area contributed by atoms with Crippen molar-refractivity contribution in [2.45, 2.75) is 19.8 Å². The molecule has 0 heterocycles. The van der Waals surface area contributed by atoms with Gasteiger partial charge in [0.2, 0.25) is 5.91 Å². The van der Waals surface area contributed by atoms with Crippen LogP contribution in [0, 0.1) is 5.82 Å². The number of halogens is 3. The van der Waals surface area contributed by atoms with Crippen molar-refractivity contribution < 1.29 is 13.9 Å². The lowest BCUT2D eigenvalue weighted by Crippen LogP contribution is -2.32. The summed E-state index contributed by atoms with van der Waals surface area (Å²) in [4.78, 5) is 11.5. The summed E-state index contributed by atoms with van der Waals surface area (Å²) < 4.78 is 18.1. The molecule has 2 N–H and O–H groups in total. The Morgan fingerprint density at radius 3 is 2.76 bits per heavy atom. The highest BCUT2D eigenvalue weighted by Crippen LogP contribution is 2.24. The number of ether oxygens (including phenoxy) is 1. The molecule has 0 unspecified atom stereocenters. The zero-order valence-electron chi connectivity index (χ0n) is 12.0. The Labute approximate surface area is 135 Å². The third-order valence-electron chi connectivity index (χ3n) is 2.53. The third-order valence-corrected chi connectivity index (χ3v) is 2.83. The van der Waals surface area contributed by atoms with Crippen molar-refractivity contribution >= 4 is 29.9 Å². The number of carbonyl (C=O) groups is 1. The van der Waals surface area contributed by atoms with E-state index in [4.69, 9.17) is 16.3 Å². The van der Waals surface area contributed by atoms with Crippen LogP contribution in [0.25, 0.3) is 0 Å². The normalized spacial score (nSPS) is 9.86. The smallest absolute Gasteiger partial charge is 0.223 e. The molecule has 0 saturated carbocycles. The molecule has 1 aromatic carbocycles. The average molecular weight is 339 g/mol. The molecule has 0 aliphatic carbocycles. The van der Waals surface area contributed by atoms with E-state index in [9.17, 15) is 9.18 Å². The van der Waals surface area contributed by atoms with E-state index in [1.165, 1.54) is 18.2 Å². The largest absolute Gasteiger partial charge is 0.491 e. The van der Waals surface area contributed by atoms with Gasteiger partial charge in [0.25, 0.3) is 0 Å². The van der Waals surface area contributed by atoms with Crippen molar-refractivity contribution in [3.8, 4) is 5.75 Å². The fraction of sp³-hybridized carbons (Fsp3) is 0.500. The standard InChI is InChI=1S/C14H20ClFN2O2.ClH/c1-2-6-17-7-8-18-14(19)5-9-20-13-4-3-11(16)10-12(13)15;/h3-4,10,17H,2,5-9H2,1H3,(H,18,19);1H. The maximum Gasteiger partial charge on any atom is 0.223 e. The summed E-state index contributed by atoms with van der Waals surface area (Å²) in [5.41, 5.74) is 0. The summed E-state index contributed by atoms with van der Waals surface area (Å²) in [5, 5.41) is 6.17. The van der Waals surface area contributed by atoms with E-state index in [1.807, 2.05) is 0 Å². The monoisotopic (exact) mass is 338 g/mol. The van der Waals surface area contributed by atoms with Crippen LogP contribution in [0.4, 0.5) is 4.39 Å². The predicted octanol–water partition coefficient (Wildman–Crippen LogP) is 2.79. The van der Waals surface area contributed by atoms with Crippen LogP contribution in [0.1, 0.15) is 19.8 Å². The molecule has 1 rings (SSSR count). The number of hydrogen-bond acceptors (Lipinski definition) is 3. The Morgan fingerprint density at radius 1 is 1.33 bits per heavy atom. The van der Waals surface area contributed by atoms with Crippen molar-refractivity contribution in [3.63, 3.8) is 0 Å². The zero-order chi connectivity index (χ0) is 14.8. The molecule has 1 amide bonds. The SMILES string of the molecule is CCCNCCNC(=O)CCOc1ccc(F)cc1Cl.Cl. The third kappa shape index (κ3) is 8.75. The number of carbonyl (C=O) groups excluding carboxylic acids is 1. The number of amides is 1. The summed E-state index contributed by atoms with van der Waals surface area (Å²) in [6, 6.07) is 3.89. The van der Waals surface area contributed by atoms with E-state index >= 15 is 0 Å². The van der Waals surface area contributed by atoms with Crippen LogP contribution in [0.2, 0.25) is 5.02 Å². The zero-order valence-corrected chi connectivity index (χ0v) is 13.5. The summed E-state index contributed by atoms with van der Waals surface area (Å²) in [7, 11) is 0. The molecule has 0 saturated heterocycles. The molecule has 0 aliphatic rings. The lowest BCUT2D eigenvalue weighted by Gasteiger charge is -2.09. The van der Waals surface area contributed by atoms with Gasteiger partial charge in [-0.3, -0.25) is 4.79 Å². The van der Waals surface area contributed by atoms with Gasteiger partial charge in [-0.25, -0.2) is 4.39 Å². The molecule has 0 radical (unpaired) electrons. The molecule has 120 valence electrons. The number of rotatable bonds is 9. The maximum absolute atomic E-state index is 12.8. The molecule has 1 aromatic rings. The second-order valence-corrected chi connectivity index (χ2v) is 4.68. The van der Waals surface area contributed by atoms with Crippen LogP contribution >= 0.6 is 24.0 Å². The van der Waals surface area contributed by atoms with E-state index in [-0.39, 0.29) is 36.4 Å². The van der Waals surface area contributed by atoms with E-state index in [0.717, 1.165) is 19.5 Å². The molecule has 21 heavy (non-hydrogen) atoms. The molecule has 4 nitrogen and oxygen atoms in total. The first-order valence-electron chi connectivity index (χ1n) is 6.68. The summed E-state index contributed by atoms with van der Waals surface area (Å²) in [6.45, 7) is 4.59. The molecule has 0 aromatic heterocycles. The van der Waals surface area contributed by atoms with Crippen LogP contribution in [0.3, 0.4) is 0 Å². The lowest BCUT2D eigenvalue weighted by atomic mass is 10.3. The average Bonchev–Trinajstić information content (AvgIpc) is 2.41. The van der Waals surface area contributed by atoms with Gasteiger partial charge in [0.1, 0.15) is 11.6 Å². The van der Waals surface area contributed by atoms with Gasteiger partial charge in [-0.2, -0.15) is 0 Å². The first kappa shape index (κ1) is 20.0. The Morgan fingerprint density at radius 2 is 2.10 bits per heavy atom. The molecule has 0 aliphatic heterocycles. The van der Waals surface area contributed by atoms with E-state index < -0.39 is 5.82 Å². The van der Waals surface area contributed by atoms with Crippen molar-refractivity contribution in [1.82, 2.24) is 10.6 Å². The van der Waals surface area contributed by atoms with Gasteiger partial charge in [-0.15, -0.1) is 12.4 Å². The Balaban J connectivity index is 0.00000400. The van der Waals surface area contributed by atoms with Gasteiger partial charge in [-0.05, 0) is 31.2 Å². The molecular weight excluding hydrogens is 318 g/mol. The Kier molecular flexibility index (Phi) is 11.0. The Hall–Kier alpha value is -1.04. The topological polar surface area (TPSA) is 50.4 Å². The van der Waals surface area contributed by atoms with E-state index in [2.05, 4.69) is 17.6 Å². The number of nitrogens with one attached hydrogen (secondary N) is 2. The first-order valence-corrected chi connectivity index (χ1v) is 7.06. The minimum Gasteiger partial charge on any atom is -0.491 e. The molecule has 0 spiro atoms. The predicted molar refractivity (Wildman–Crippen MR) is 84.9 cm³/mol. The van der Waals surface area contributed by atoms with Crippen molar-refractivity contribution in [3.05, 3.63) is 29.0 Å². The van der Waals surface area contributed by atoms with Crippen LogP contribution in [-0.4, -0.2) is 32.1 Å². The lowest BCUT2D eigenvalue weighted by molar-refractivity contribution is -0.121. The van der Waals surface area contributed by atoms with Crippen molar-refractivity contribution in [2.24, 2.45) is 0 Å². The van der Waals surface area contributed by atoms with Crippen LogP contribution in [0.15, 0.2) is 18.2 Å². The molecule has 0 bridgehead atoms. The summed E-state index contributed by atoms with van der Waals surface area (Å²) in [6.07, 6.45) is 1.31. The fourth-order valence-corrected chi connectivity index (χ4v) is 1.75. The van der Waals surface area contributed by atoms with Crippen molar-refractivity contribution in [1.29, 1.82) is 0 Å². The minimum absolute atomic E-state index is 0. The van der Waals surface area contributed by atoms with Gasteiger partial charge in [0.05, 0.1) is 18.1 Å². The first-order chi connectivity index (χ1) is 9.63. The quantitative estimate of drug-likeness (QED) is 0.680. The minimum atomic E-state index is -0.417. The van der Waals surface area contributed by atoms with Crippen LogP contribution in [-0.2, 0) is 4.79 Å². The number of benzene rings is 1. The molecular formula is C14H21Cl2FN2O2. The second kappa shape index (κ2) is 11.6. The van der Waals surface area contributed by atoms with Crippen LogP contribution in [0.5, 0.6) is 5.75 Å². The van der Waals surface area contributed by atoms with Crippen molar-refractivity contribution in [2.75, 3.05) is 26.2 Å². The van der Waals surface area contributed by atoms with Gasteiger partial charge >= 0.3 is 0 Å². The highest BCUT2D eigenvalue weighted by Gasteiger charge is 2.05. The second-order valence-electron chi connectivity index (χ2n) is 4.27. The van der Waals surface area contributed by atoms with E-state index in [1.54, 1.807) is 0 Å².